The van der Waals surface area contributed by atoms with Crippen molar-refractivity contribution in [1.82, 2.24) is 5.32 Å². The van der Waals surface area contributed by atoms with Gasteiger partial charge in [-0.2, -0.15) is 0 Å². The molecule has 2 unspecified atom stereocenters. The van der Waals surface area contributed by atoms with Gasteiger partial charge in [0.2, 0.25) is 0 Å². The molecule has 0 radical (unpaired) electrons. The number of methoxy groups -OCH3 is 1. The Morgan fingerprint density at radius 2 is 1.95 bits per heavy atom. The number of rotatable bonds is 2. The van der Waals surface area contributed by atoms with Gasteiger partial charge in [0.25, 0.3) is 0 Å². The maximum Gasteiger partial charge on any atom is 0.339 e. The SMILES string of the molecule is COC(=O)c1ccccc1N1CC2CNCC(C2)C1. The van der Waals surface area contributed by atoms with Crippen molar-refractivity contribution in [3.63, 3.8) is 0 Å². The van der Waals surface area contributed by atoms with Crippen LogP contribution >= 0.6 is 0 Å². The lowest BCUT2D eigenvalue weighted by Crippen LogP contribution is -2.51. The third-order valence-electron chi connectivity index (χ3n) is 4.14. The number of carbonyl (C=O) groups is 1. The molecule has 2 atom stereocenters. The fourth-order valence-electron chi connectivity index (χ4n) is 3.33. The van der Waals surface area contributed by atoms with E-state index in [0.717, 1.165) is 31.9 Å². The molecule has 0 aliphatic carbocycles. The molecule has 1 aromatic rings. The first-order valence-corrected chi connectivity index (χ1v) is 6.91. The summed E-state index contributed by atoms with van der Waals surface area (Å²) in [6, 6.07) is 7.76. The van der Waals surface area contributed by atoms with E-state index in [0.29, 0.717) is 17.4 Å². The topological polar surface area (TPSA) is 41.6 Å². The molecule has 0 spiro atoms. The highest BCUT2D eigenvalue weighted by atomic mass is 16.5. The molecular formula is C15H20N2O2. The number of benzene rings is 1. The van der Waals surface area contributed by atoms with E-state index >= 15 is 0 Å². The van der Waals surface area contributed by atoms with Crippen molar-refractivity contribution in [2.24, 2.45) is 11.8 Å². The highest BCUT2D eigenvalue weighted by Gasteiger charge is 2.31. The summed E-state index contributed by atoms with van der Waals surface area (Å²) in [5.41, 5.74) is 1.70. The molecule has 3 rings (SSSR count). The maximum atomic E-state index is 11.9. The number of esters is 1. The van der Waals surface area contributed by atoms with Crippen molar-refractivity contribution in [2.45, 2.75) is 6.42 Å². The van der Waals surface area contributed by atoms with Gasteiger partial charge < -0.3 is 15.0 Å². The predicted octanol–water partition coefficient (Wildman–Crippen LogP) is 1.52. The lowest BCUT2D eigenvalue weighted by Gasteiger charge is -2.43. The zero-order valence-electron chi connectivity index (χ0n) is 11.3. The smallest absolute Gasteiger partial charge is 0.339 e. The first-order chi connectivity index (χ1) is 9.28. The second-order valence-electron chi connectivity index (χ2n) is 5.54. The molecule has 4 heteroatoms. The van der Waals surface area contributed by atoms with Crippen LogP contribution in [-0.4, -0.2) is 39.3 Å². The van der Waals surface area contributed by atoms with E-state index in [9.17, 15) is 4.79 Å². The minimum Gasteiger partial charge on any atom is -0.465 e. The van der Waals surface area contributed by atoms with Crippen molar-refractivity contribution in [2.75, 3.05) is 38.2 Å². The van der Waals surface area contributed by atoms with Crippen molar-refractivity contribution in [3.05, 3.63) is 29.8 Å². The lowest BCUT2D eigenvalue weighted by atomic mass is 9.85. The third-order valence-corrected chi connectivity index (χ3v) is 4.14. The quantitative estimate of drug-likeness (QED) is 0.819. The Kier molecular flexibility index (Phi) is 3.42. The molecule has 2 aliphatic rings. The number of nitrogens with one attached hydrogen (secondary N) is 1. The van der Waals surface area contributed by atoms with Gasteiger partial charge in [-0.15, -0.1) is 0 Å². The molecule has 102 valence electrons. The average molecular weight is 260 g/mol. The summed E-state index contributed by atoms with van der Waals surface area (Å²) < 4.78 is 4.88. The monoisotopic (exact) mass is 260 g/mol. The zero-order chi connectivity index (χ0) is 13.2. The normalized spacial score (nSPS) is 26.1. The van der Waals surface area contributed by atoms with Crippen LogP contribution in [0.3, 0.4) is 0 Å². The summed E-state index contributed by atoms with van der Waals surface area (Å²) in [5, 5.41) is 3.49. The van der Waals surface area contributed by atoms with E-state index in [4.69, 9.17) is 4.74 Å². The zero-order valence-corrected chi connectivity index (χ0v) is 11.3. The van der Waals surface area contributed by atoms with Crippen molar-refractivity contribution in [1.29, 1.82) is 0 Å². The van der Waals surface area contributed by atoms with Gasteiger partial charge in [0, 0.05) is 13.1 Å². The van der Waals surface area contributed by atoms with Gasteiger partial charge in [0.15, 0.2) is 0 Å². The lowest BCUT2D eigenvalue weighted by molar-refractivity contribution is 0.0601. The van der Waals surface area contributed by atoms with Crippen LogP contribution in [-0.2, 0) is 4.74 Å². The van der Waals surface area contributed by atoms with E-state index in [1.54, 1.807) is 0 Å². The number of para-hydroxylation sites is 1. The Hall–Kier alpha value is -1.55. The van der Waals surface area contributed by atoms with Crippen molar-refractivity contribution >= 4 is 11.7 Å². The minimum atomic E-state index is -0.246. The number of nitrogens with zero attached hydrogens (tertiary/aromatic N) is 1. The minimum absolute atomic E-state index is 0.246. The summed E-state index contributed by atoms with van der Waals surface area (Å²) >= 11 is 0. The number of piperidine rings is 2. The van der Waals surface area contributed by atoms with Crippen LogP contribution in [0.4, 0.5) is 5.69 Å². The number of anilines is 1. The molecule has 1 N–H and O–H groups in total. The first-order valence-electron chi connectivity index (χ1n) is 6.91. The van der Waals surface area contributed by atoms with E-state index in [-0.39, 0.29) is 5.97 Å². The fourth-order valence-corrected chi connectivity index (χ4v) is 3.33. The van der Waals surface area contributed by atoms with Gasteiger partial charge >= 0.3 is 5.97 Å². The summed E-state index contributed by atoms with van der Waals surface area (Å²) in [6.45, 7) is 4.23. The Bertz CT molecular complexity index is 463. The van der Waals surface area contributed by atoms with Gasteiger partial charge in [-0.25, -0.2) is 4.79 Å². The largest absolute Gasteiger partial charge is 0.465 e. The van der Waals surface area contributed by atoms with Gasteiger partial charge in [0.1, 0.15) is 0 Å². The molecule has 19 heavy (non-hydrogen) atoms. The number of ether oxygens (including phenoxy) is 1. The fraction of sp³-hybridized carbons (Fsp3) is 0.533. The van der Waals surface area contributed by atoms with Crippen molar-refractivity contribution < 1.29 is 9.53 Å². The molecule has 0 aromatic heterocycles. The molecule has 2 saturated heterocycles. The molecule has 4 nitrogen and oxygen atoms in total. The van der Waals surface area contributed by atoms with Gasteiger partial charge in [-0.05, 0) is 43.5 Å². The number of fused-ring (bicyclic) bond motifs is 2. The summed E-state index contributed by atoms with van der Waals surface area (Å²) in [4.78, 5) is 14.2. The molecule has 2 bridgehead atoms. The van der Waals surface area contributed by atoms with E-state index in [2.05, 4.69) is 10.2 Å². The van der Waals surface area contributed by atoms with Crippen LogP contribution in [0.25, 0.3) is 0 Å². The van der Waals surface area contributed by atoms with E-state index in [1.807, 2.05) is 24.3 Å². The summed E-state index contributed by atoms with van der Waals surface area (Å²) in [5.74, 6) is 1.14. The Balaban J connectivity index is 1.87. The second kappa shape index (κ2) is 5.21. The molecular weight excluding hydrogens is 240 g/mol. The molecule has 2 aliphatic heterocycles. The van der Waals surface area contributed by atoms with Gasteiger partial charge in [-0.3, -0.25) is 0 Å². The average Bonchev–Trinajstić information content (AvgIpc) is 2.46. The van der Waals surface area contributed by atoms with Crippen LogP contribution in [0.2, 0.25) is 0 Å². The maximum absolute atomic E-state index is 11.9. The van der Waals surface area contributed by atoms with Crippen molar-refractivity contribution in [3.8, 4) is 0 Å². The summed E-state index contributed by atoms with van der Waals surface area (Å²) in [7, 11) is 1.44. The van der Waals surface area contributed by atoms with E-state index in [1.165, 1.54) is 13.5 Å². The predicted molar refractivity (Wildman–Crippen MR) is 74.5 cm³/mol. The Labute approximate surface area is 113 Å². The van der Waals surface area contributed by atoms with Crippen LogP contribution in [0, 0.1) is 11.8 Å². The molecule has 0 amide bonds. The first kappa shape index (κ1) is 12.5. The summed E-state index contributed by atoms with van der Waals surface area (Å²) in [6.07, 6.45) is 1.31. The number of carbonyl (C=O) groups excluding carboxylic acids is 1. The van der Waals surface area contributed by atoms with Crippen LogP contribution in [0.5, 0.6) is 0 Å². The Morgan fingerprint density at radius 3 is 2.63 bits per heavy atom. The Morgan fingerprint density at radius 1 is 1.26 bits per heavy atom. The second-order valence-corrected chi connectivity index (χ2v) is 5.54. The number of hydrogen-bond donors (Lipinski definition) is 1. The van der Waals surface area contributed by atoms with Crippen LogP contribution in [0.1, 0.15) is 16.8 Å². The number of hydrogen-bond acceptors (Lipinski definition) is 4. The molecule has 2 heterocycles. The molecule has 1 aromatic carbocycles. The van der Waals surface area contributed by atoms with Crippen LogP contribution in [0.15, 0.2) is 24.3 Å². The standard InChI is InChI=1S/C15H20N2O2/c1-19-15(18)13-4-2-3-5-14(13)17-9-11-6-12(10-17)8-16-7-11/h2-5,11-12,16H,6-10H2,1H3. The van der Waals surface area contributed by atoms with Gasteiger partial charge in [-0.1, -0.05) is 12.1 Å². The van der Waals surface area contributed by atoms with Gasteiger partial charge in [0.05, 0.1) is 18.4 Å². The highest BCUT2D eigenvalue weighted by Crippen LogP contribution is 2.30. The molecule has 2 fully saturated rings. The van der Waals surface area contributed by atoms with Crippen LogP contribution < -0.4 is 10.2 Å². The molecule has 0 saturated carbocycles. The highest BCUT2D eigenvalue weighted by molar-refractivity contribution is 5.95. The third kappa shape index (κ3) is 2.45. The van der Waals surface area contributed by atoms with E-state index < -0.39 is 0 Å².